The molecule has 0 radical (unpaired) electrons. The molecule has 3 N–H and O–H groups in total. The zero-order valence-electron chi connectivity index (χ0n) is 17.8. The van der Waals surface area contributed by atoms with Crippen molar-refractivity contribution in [3.05, 3.63) is 90.0 Å². The van der Waals surface area contributed by atoms with Gasteiger partial charge in [-0.1, -0.05) is 37.3 Å². The molecule has 0 aliphatic rings. The highest BCUT2D eigenvalue weighted by atomic mass is 32.2. The summed E-state index contributed by atoms with van der Waals surface area (Å²) in [6.45, 7) is 3.63. The van der Waals surface area contributed by atoms with E-state index in [0.717, 1.165) is 5.56 Å². The zero-order chi connectivity index (χ0) is 23.1. The maximum atomic E-state index is 12.6. The van der Waals surface area contributed by atoms with E-state index < -0.39 is 10.0 Å². The summed E-state index contributed by atoms with van der Waals surface area (Å²) in [6, 6.07) is 21.3. The van der Waals surface area contributed by atoms with Gasteiger partial charge < -0.3 is 10.6 Å². The van der Waals surface area contributed by atoms with Crippen molar-refractivity contribution in [2.24, 2.45) is 0 Å². The molecule has 0 saturated heterocycles. The first-order valence-corrected chi connectivity index (χ1v) is 11.7. The average Bonchev–Trinajstić information content (AvgIpc) is 2.80. The van der Waals surface area contributed by atoms with E-state index in [1.165, 1.54) is 24.3 Å². The predicted octanol–water partition coefficient (Wildman–Crippen LogP) is 4.33. The Morgan fingerprint density at radius 3 is 2.06 bits per heavy atom. The lowest BCUT2D eigenvalue weighted by molar-refractivity contribution is -0.115. The molecule has 0 aliphatic carbocycles. The zero-order valence-corrected chi connectivity index (χ0v) is 18.6. The minimum absolute atomic E-state index is 0.0654. The van der Waals surface area contributed by atoms with E-state index in [2.05, 4.69) is 15.4 Å². The van der Waals surface area contributed by atoms with Crippen molar-refractivity contribution < 1.29 is 18.0 Å². The lowest BCUT2D eigenvalue weighted by Crippen LogP contribution is -2.26. The molecular formula is C24H25N3O4S. The SMILES string of the molecule is CCC(=O)Nc1ccc(C(C)NC(=O)c2ccc(S(=O)(=O)Nc3ccccc3)cc2)cc1. The summed E-state index contributed by atoms with van der Waals surface area (Å²) in [5, 5.41) is 5.67. The van der Waals surface area contributed by atoms with Gasteiger partial charge in [0, 0.05) is 23.4 Å². The van der Waals surface area contributed by atoms with E-state index in [4.69, 9.17) is 0 Å². The molecule has 3 aromatic carbocycles. The third kappa shape index (κ3) is 5.95. The molecule has 0 bridgehead atoms. The summed E-state index contributed by atoms with van der Waals surface area (Å²) in [7, 11) is -3.75. The molecule has 32 heavy (non-hydrogen) atoms. The molecule has 0 saturated carbocycles. The molecule has 1 unspecified atom stereocenters. The smallest absolute Gasteiger partial charge is 0.261 e. The number of benzene rings is 3. The number of hydrogen-bond acceptors (Lipinski definition) is 4. The Morgan fingerprint density at radius 2 is 1.47 bits per heavy atom. The topological polar surface area (TPSA) is 104 Å². The number of carbonyl (C=O) groups is 2. The van der Waals surface area contributed by atoms with Crippen molar-refractivity contribution in [3.63, 3.8) is 0 Å². The Kier molecular flexibility index (Phi) is 7.27. The van der Waals surface area contributed by atoms with Crippen LogP contribution < -0.4 is 15.4 Å². The van der Waals surface area contributed by atoms with E-state index in [9.17, 15) is 18.0 Å². The molecule has 0 fully saturated rings. The van der Waals surface area contributed by atoms with Crippen LogP contribution >= 0.6 is 0 Å². The van der Waals surface area contributed by atoms with Crippen LogP contribution in [0.25, 0.3) is 0 Å². The minimum Gasteiger partial charge on any atom is -0.346 e. The Morgan fingerprint density at radius 1 is 0.844 bits per heavy atom. The number of nitrogens with one attached hydrogen (secondary N) is 3. The molecule has 0 aliphatic heterocycles. The van der Waals surface area contributed by atoms with Crippen LogP contribution in [0.5, 0.6) is 0 Å². The van der Waals surface area contributed by atoms with E-state index in [1.807, 2.05) is 19.1 Å². The Balaban J connectivity index is 1.63. The maximum Gasteiger partial charge on any atom is 0.261 e. The normalized spacial score (nSPS) is 11.9. The number of sulfonamides is 1. The van der Waals surface area contributed by atoms with Crippen molar-refractivity contribution in [3.8, 4) is 0 Å². The quantitative estimate of drug-likeness (QED) is 0.474. The number of para-hydroxylation sites is 1. The highest BCUT2D eigenvalue weighted by Gasteiger charge is 2.16. The summed E-state index contributed by atoms with van der Waals surface area (Å²) < 4.78 is 27.5. The predicted molar refractivity (Wildman–Crippen MR) is 125 cm³/mol. The van der Waals surface area contributed by atoms with Crippen LogP contribution in [0.4, 0.5) is 11.4 Å². The second kappa shape index (κ2) is 10.1. The van der Waals surface area contributed by atoms with Crippen LogP contribution in [-0.4, -0.2) is 20.2 Å². The summed E-state index contributed by atoms with van der Waals surface area (Å²) in [5.74, 6) is -0.385. The monoisotopic (exact) mass is 451 g/mol. The largest absolute Gasteiger partial charge is 0.346 e. The molecule has 3 rings (SSSR count). The van der Waals surface area contributed by atoms with Gasteiger partial charge in [0.25, 0.3) is 15.9 Å². The van der Waals surface area contributed by atoms with Gasteiger partial charge in [0.2, 0.25) is 5.91 Å². The highest BCUT2D eigenvalue weighted by Crippen LogP contribution is 2.19. The van der Waals surface area contributed by atoms with Gasteiger partial charge in [-0.25, -0.2) is 8.42 Å². The first-order chi connectivity index (χ1) is 15.3. The van der Waals surface area contributed by atoms with Crippen LogP contribution in [0, 0.1) is 0 Å². The maximum absolute atomic E-state index is 12.6. The molecule has 3 aromatic rings. The van der Waals surface area contributed by atoms with Crippen molar-refractivity contribution in [2.75, 3.05) is 10.0 Å². The van der Waals surface area contributed by atoms with Gasteiger partial charge in [-0.15, -0.1) is 0 Å². The molecule has 2 amide bonds. The van der Waals surface area contributed by atoms with E-state index in [1.54, 1.807) is 49.4 Å². The van der Waals surface area contributed by atoms with E-state index in [-0.39, 0.29) is 22.8 Å². The van der Waals surface area contributed by atoms with Crippen LogP contribution in [0.15, 0.2) is 83.8 Å². The van der Waals surface area contributed by atoms with Gasteiger partial charge in [0.1, 0.15) is 0 Å². The fraction of sp³-hybridized carbons (Fsp3) is 0.167. The molecule has 7 nitrogen and oxygen atoms in total. The Hall–Kier alpha value is -3.65. The van der Waals surface area contributed by atoms with Crippen LogP contribution in [0.3, 0.4) is 0 Å². The standard InChI is InChI=1S/C24H25N3O4S/c1-3-23(28)26-20-13-9-18(10-14-20)17(2)25-24(29)19-11-15-22(16-12-19)32(30,31)27-21-7-5-4-6-8-21/h4-17,27H,3H2,1-2H3,(H,25,29)(H,26,28). The second-order valence-electron chi connectivity index (χ2n) is 7.21. The van der Waals surface area contributed by atoms with Gasteiger partial charge in [-0.3, -0.25) is 14.3 Å². The van der Waals surface area contributed by atoms with Gasteiger partial charge in [-0.2, -0.15) is 0 Å². The lowest BCUT2D eigenvalue weighted by Gasteiger charge is -2.15. The van der Waals surface area contributed by atoms with Crippen molar-refractivity contribution >= 4 is 33.2 Å². The number of anilines is 2. The first-order valence-electron chi connectivity index (χ1n) is 10.2. The fourth-order valence-corrected chi connectivity index (χ4v) is 4.03. The third-order valence-corrected chi connectivity index (χ3v) is 6.21. The van der Waals surface area contributed by atoms with Crippen molar-refractivity contribution in [2.45, 2.75) is 31.2 Å². The number of carbonyl (C=O) groups excluding carboxylic acids is 2. The van der Waals surface area contributed by atoms with Crippen LogP contribution in [0.2, 0.25) is 0 Å². The fourth-order valence-electron chi connectivity index (χ4n) is 2.97. The summed E-state index contributed by atoms with van der Waals surface area (Å²) >= 11 is 0. The van der Waals surface area contributed by atoms with Crippen LogP contribution in [0.1, 0.15) is 42.2 Å². The Bertz CT molecular complexity index is 1180. The van der Waals surface area contributed by atoms with Gasteiger partial charge in [0.15, 0.2) is 0 Å². The highest BCUT2D eigenvalue weighted by molar-refractivity contribution is 7.92. The summed E-state index contributed by atoms with van der Waals surface area (Å²) in [4.78, 5) is 24.1. The molecule has 8 heteroatoms. The second-order valence-corrected chi connectivity index (χ2v) is 8.90. The average molecular weight is 452 g/mol. The number of hydrogen-bond donors (Lipinski definition) is 3. The summed E-state index contributed by atoms with van der Waals surface area (Å²) in [6.07, 6.45) is 0.399. The molecule has 1 atom stereocenters. The van der Waals surface area contributed by atoms with Crippen molar-refractivity contribution in [1.82, 2.24) is 5.32 Å². The van der Waals surface area contributed by atoms with Gasteiger partial charge in [0.05, 0.1) is 10.9 Å². The van der Waals surface area contributed by atoms with E-state index in [0.29, 0.717) is 23.4 Å². The number of amides is 2. The molecule has 0 aromatic heterocycles. The van der Waals surface area contributed by atoms with Crippen molar-refractivity contribution in [1.29, 1.82) is 0 Å². The molecule has 0 spiro atoms. The third-order valence-electron chi connectivity index (χ3n) is 4.82. The molecule has 0 heterocycles. The van der Waals surface area contributed by atoms with Gasteiger partial charge >= 0.3 is 0 Å². The number of rotatable bonds is 8. The molecule has 166 valence electrons. The minimum atomic E-state index is -3.75. The van der Waals surface area contributed by atoms with Gasteiger partial charge in [-0.05, 0) is 61.0 Å². The molecular weight excluding hydrogens is 426 g/mol. The Labute approximate surface area is 187 Å². The van der Waals surface area contributed by atoms with E-state index >= 15 is 0 Å². The van der Waals surface area contributed by atoms with Crippen LogP contribution in [-0.2, 0) is 14.8 Å². The lowest BCUT2D eigenvalue weighted by atomic mass is 10.1. The first kappa shape index (κ1) is 23.0. The summed E-state index contributed by atoms with van der Waals surface area (Å²) in [5.41, 5.74) is 2.38.